The highest BCUT2D eigenvalue weighted by Crippen LogP contribution is 2.66. The Kier molecular flexibility index (Phi) is 3.29. The molecule has 1 heteroatoms. The number of rotatable bonds is 0. The molecule has 4 aliphatic carbocycles. The molecular weight excluding hydrogens is 268 g/mol. The van der Waals surface area contributed by atoms with Crippen LogP contribution in [-0.4, -0.2) is 11.2 Å². The summed E-state index contributed by atoms with van der Waals surface area (Å²) in [4.78, 5) is 0. The number of fused-ring (bicyclic) bond motifs is 5. The fourth-order valence-corrected chi connectivity index (χ4v) is 6.92. The van der Waals surface area contributed by atoms with E-state index >= 15 is 0 Å². The van der Waals surface area contributed by atoms with Gasteiger partial charge in [-0.3, -0.25) is 0 Å². The molecule has 4 rings (SSSR count). The molecule has 3 saturated carbocycles. The van der Waals surface area contributed by atoms with E-state index in [2.05, 4.69) is 25.8 Å². The first-order chi connectivity index (χ1) is 10.5. The lowest BCUT2D eigenvalue weighted by molar-refractivity contribution is -0.0432. The first kappa shape index (κ1) is 14.8. The molecule has 3 fully saturated rings. The second-order valence-electron chi connectivity index (χ2n) is 9.00. The molecule has 4 aliphatic rings. The van der Waals surface area contributed by atoms with Crippen molar-refractivity contribution < 1.29 is 5.11 Å². The molecule has 0 radical (unpaired) electrons. The fourth-order valence-electron chi connectivity index (χ4n) is 6.92. The molecule has 0 aromatic carbocycles. The van der Waals surface area contributed by atoms with Crippen LogP contribution in [0.4, 0.5) is 0 Å². The Morgan fingerprint density at radius 2 is 1.95 bits per heavy atom. The summed E-state index contributed by atoms with van der Waals surface area (Å²) >= 11 is 0. The fraction of sp³-hybridized carbons (Fsp3) is 0.810. The zero-order valence-electron chi connectivity index (χ0n) is 14.1. The van der Waals surface area contributed by atoms with Gasteiger partial charge in [0.1, 0.15) is 0 Å². The Balaban J connectivity index is 1.67. The smallest absolute Gasteiger partial charge is 0.0577 e. The highest BCUT2D eigenvalue weighted by molar-refractivity contribution is 5.26. The largest absolute Gasteiger partial charge is 0.393 e. The highest BCUT2D eigenvalue weighted by Gasteiger charge is 2.58. The van der Waals surface area contributed by atoms with Gasteiger partial charge in [-0.2, -0.15) is 0 Å². The van der Waals surface area contributed by atoms with Crippen molar-refractivity contribution in [2.45, 2.75) is 71.3 Å². The third-order valence-electron chi connectivity index (χ3n) is 8.28. The standard InChI is InChI=1S/C21H30O/c1-4-14-6-8-18-17-7-5-15-13-16(22)9-11-21(15,3)19(17)10-12-20(14,18)2/h1,5,14,16-19,22H,6-13H2,2-3H3/t14?,16-,17?,18?,19?,20+,21-/m0/s1. The average molecular weight is 298 g/mol. The third kappa shape index (κ3) is 1.83. The topological polar surface area (TPSA) is 20.2 Å². The normalized spacial score (nSPS) is 53.7. The molecule has 0 amide bonds. The van der Waals surface area contributed by atoms with Crippen molar-refractivity contribution in [1.82, 2.24) is 0 Å². The van der Waals surface area contributed by atoms with Crippen LogP contribution >= 0.6 is 0 Å². The SMILES string of the molecule is C#CC1CCC2C3CC=C4C[C@@H](O)CC[C@]4(C)C3CC[C@]12C. The third-order valence-corrected chi connectivity index (χ3v) is 8.28. The van der Waals surface area contributed by atoms with Crippen molar-refractivity contribution in [3.05, 3.63) is 11.6 Å². The van der Waals surface area contributed by atoms with Gasteiger partial charge in [0.25, 0.3) is 0 Å². The number of hydrogen-bond acceptors (Lipinski definition) is 1. The molecule has 120 valence electrons. The molecule has 1 nitrogen and oxygen atoms in total. The van der Waals surface area contributed by atoms with Crippen molar-refractivity contribution in [2.75, 3.05) is 0 Å². The van der Waals surface area contributed by atoms with Gasteiger partial charge in [0.05, 0.1) is 6.10 Å². The maximum atomic E-state index is 10.1. The first-order valence-corrected chi connectivity index (χ1v) is 9.33. The molecule has 0 spiro atoms. The summed E-state index contributed by atoms with van der Waals surface area (Å²) in [5.41, 5.74) is 2.33. The maximum absolute atomic E-state index is 10.1. The number of aliphatic hydroxyl groups is 1. The summed E-state index contributed by atoms with van der Waals surface area (Å²) in [6, 6.07) is 0. The highest BCUT2D eigenvalue weighted by atomic mass is 16.3. The molecule has 22 heavy (non-hydrogen) atoms. The van der Waals surface area contributed by atoms with Gasteiger partial charge in [-0.15, -0.1) is 12.3 Å². The van der Waals surface area contributed by atoms with Gasteiger partial charge in [-0.05, 0) is 80.0 Å². The molecule has 0 aromatic rings. The Labute approximate surface area is 135 Å². The van der Waals surface area contributed by atoms with E-state index in [0.29, 0.717) is 16.7 Å². The molecule has 0 saturated heterocycles. The molecule has 4 unspecified atom stereocenters. The predicted molar refractivity (Wildman–Crippen MR) is 90.0 cm³/mol. The van der Waals surface area contributed by atoms with Crippen LogP contribution < -0.4 is 0 Å². The minimum absolute atomic E-state index is 0.0953. The Bertz CT molecular complexity index is 541. The lowest BCUT2D eigenvalue weighted by Crippen LogP contribution is -2.50. The van der Waals surface area contributed by atoms with E-state index < -0.39 is 0 Å². The minimum atomic E-state index is -0.0953. The van der Waals surface area contributed by atoms with Gasteiger partial charge in [-0.1, -0.05) is 25.5 Å². The molecule has 0 aromatic heterocycles. The van der Waals surface area contributed by atoms with Crippen molar-refractivity contribution in [2.24, 2.45) is 34.5 Å². The van der Waals surface area contributed by atoms with Crippen LogP contribution in [-0.2, 0) is 0 Å². The summed E-state index contributed by atoms with van der Waals surface area (Å²) < 4.78 is 0. The van der Waals surface area contributed by atoms with Crippen LogP contribution in [0.3, 0.4) is 0 Å². The van der Waals surface area contributed by atoms with Crippen LogP contribution in [0.15, 0.2) is 11.6 Å². The zero-order chi connectivity index (χ0) is 15.5. The van der Waals surface area contributed by atoms with Gasteiger partial charge < -0.3 is 5.11 Å². The predicted octanol–water partition coefficient (Wildman–Crippen LogP) is 4.56. The summed E-state index contributed by atoms with van der Waals surface area (Å²) in [5.74, 6) is 6.12. The Morgan fingerprint density at radius 1 is 1.14 bits per heavy atom. The number of hydrogen-bond donors (Lipinski definition) is 1. The van der Waals surface area contributed by atoms with Crippen molar-refractivity contribution in [3.8, 4) is 12.3 Å². The van der Waals surface area contributed by atoms with Gasteiger partial charge in [0.15, 0.2) is 0 Å². The molecule has 7 atom stereocenters. The quantitative estimate of drug-likeness (QED) is 0.513. The summed E-state index contributed by atoms with van der Waals surface area (Å²) in [6.07, 6.45) is 17.9. The monoisotopic (exact) mass is 298 g/mol. The van der Waals surface area contributed by atoms with Crippen molar-refractivity contribution in [3.63, 3.8) is 0 Å². The van der Waals surface area contributed by atoms with E-state index in [1.165, 1.54) is 38.5 Å². The lowest BCUT2D eigenvalue weighted by Gasteiger charge is -2.57. The number of aliphatic hydroxyl groups excluding tert-OH is 1. The second-order valence-corrected chi connectivity index (χ2v) is 9.00. The van der Waals surface area contributed by atoms with Crippen LogP contribution in [0, 0.1) is 46.8 Å². The zero-order valence-corrected chi connectivity index (χ0v) is 14.1. The van der Waals surface area contributed by atoms with Crippen LogP contribution in [0.2, 0.25) is 0 Å². The second kappa shape index (κ2) is 4.88. The molecular formula is C21H30O. The van der Waals surface area contributed by atoms with E-state index in [0.717, 1.165) is 30.6 Å². The summed E-state index contributed by atoms with van der Waals surface area (Å²) in [7, 11) is 0. The average Bonchev–Trinajstić information content (AvgIpc) is 2.84. The van der Waals surface area contributed by atoms with Gasteiger partial charge in [0, 0.05) is 5.92 Å². The molecule has 0 aliphatic heterocycles. The molecule has 1 N–H and O–H groups in total. The van der Waals surface area contributed by atoms with Gasteiger partial charge in [-0.25, -0.2) is 0 Å². The number of allylic oxidation sites excluding steroid dienone is 1. The Morgan fingerprint density at radius 3 is 2.73 bits per heavy atom. The van der Waals surface area contributed by atoms with Crippen LogP contribution in [0.1, 0.15) is 65.2 Å². The van der Waals surface area contributed by atoms with Crippen LogP contribution in [0.25, 0.3) is 0 Å². The maximum Gasteiger partial charge on any atom is 0.0577 e. The number of terminal acetylenes is 1. The molecule has 0 heterocycles. The lowest BCUT2D eigenvalue weighted by atomic mass is 9.47. The van der Waals surface area contributed by atoms with Crippen molar-refractivity contribution >= 4 is 0 Å². The van der Waals surface area contributed by atoms with E-state index in [1.807, 2.05) is 0 Å². The van der Waals surface area contributed by atoms with Gasteiger partial charge in [0.2, 0.25) is 0 Å². The summed E-state index contributed by atoms with van der Waals surface area (Å²) in [5, 5.41) is 10.1. The van der Waals surface area contributed by atoms with E-state index in [9.17, 15) is 5.11 Å². The molecule has 0 bridgehead atoms. The summed E-state index contributed by atoms with van der Waals surface area (Å²) in [6.45, 7) is 4.98. The first-order valence-electron chi connectivity index (χ1n) is 9.33. The van der Waals surface area contributed by atoms with Crippen LogP contribution in [0.5, 0.6) is 0 Å². The van der Waals surface area contributed by atoms with Gasteiger partial charge >= 0.3 is 0 Å². The van der Waals surface area contributed by atoms with E-state index in [4.69, 9.17) is 6.42 Å². The minimum Gasteiger partial charge on any atom is -0.393 e. The van der Waals surface area contributed by atoms with E-state index in [-0.39, 0.29) is 6.10 Å². The Hall–Kier alpha value is -0.740. The van der Waals surface area contributed by atoms with E-state index in [1.54, 1.807) is 5.57 Å². The van der Waals surface area contributed by atoms with Crippen molar-refractivity contribution in [1.29, 1.82) is 0 Å².